The van der Waals surface area contributed by atoms with E-state index in [4.69, 9.17) is 10.5 Å². The van der Waals surface area contributed by atoms with Gasteiger partial charge in [0.25, 0.3) is 0 Å². The molecule has 8 heteroatoms. The fraction of sp³-hybridized carbons (Fsp3) is 0.538. The second-order valence-corrected chi connectivity index (χ2v) is 8.25. The van der Waals surface area contributed by atoms with Gasteiger partial charge < -0.3 is 10.5 Å². The minimum absolute atomic E-state index is 0.162. The number of hydrogen-bond donors (Lipinski definition) is 2. The fourth-order valence-electron chi connectivity index (χ4n) is 1.66. The highest BCUT2D eigenvalue weighted by Gasteiger charge is 2.21. The molecule has 0 amide bonds. The lowest BCUT2D eigenvalue weighted by molar-refractivity contribution is 0.0762. The summed E-state index contributed by atoms with van der Waals surface area (Å²) in [5.74, 6) is 0. The van der Waals surface area contributed by atoms with Crippen LogP contribution in [0.5, 0.6) is 0 Å². The lowest BCUT2D eigenvalue weighted by Gasteiger charge is -2.11. The molecule has 0 aromatic heterocycles. The van der Waals surface area contributed by atoms with E-state index in [1.54, 1.807) is 12.1 Å². The van der Waals surface area contributed by atoms with E-state index < -0.39 is 10.0 Å². The molecule has 21 heavy (non-hydrogen) atoms. The van der Waals surface area contributed by atoms with E-state index in [1.165, 1.54) is 0 Å². The van der Waals surface area contributed by atoms with Crippen LogP contribution in [0.2, 0.25) is 0 Å². The van der Waals surface area contributed by atoms with Gasteiger partial charge in [-0.1, -0.05) is 0 Å². The highest BCUT2D eigenvalue weighted by atomic mass is 79.9. The maximum absolute atomic E-state index is 12.3. The number of nitrogens with two attached hydrogens (primary N) is 1. The van der Waals surface area contributed by atoms with Crippen molar-refractivity contribution in [3.63, 3.8) is 0 Å². The first kappa shape index (κ1) is 18.9. The summed E-state index contributed by atoms with van der Waals surface area (Å²) in [5, 5.41) is 0. The molecule has 0 aliphatic heterocycles. The third-order valence-electron chi connectivity index (χ3n) is 2.60. The number of sulfonamides is 1. The van der Waals surface area contributed by atoms with Gasteiger partial charge in [0.15, 0.2) is 0 Å². The molecule has 0 spiro atoms. The second kappa shape index (κ2) is 8.47. The molecule has 0 heterocycles. The summed E-state index contributed by atoms with van der Waals surface area (Å²) in [7, 11) is -3.58. The van der Waals surface area contributed by atoms with Crippen molar-refractivity contribution >= 4 is 47.6 Å². The average Bonchev–Trinajstić information content (AvgIpc) is 2.31. The maximum Gasteiger partial charge on any atom is 0.242 e. The minimum Gasteiger partial charge on any atom is -0.399 e. The van der Waals surface area contributed by atoms with Crippen LogP contribution in [0.15, 0.2) is 26.0 Å². The Morgan fingerprint density at radius 2 is 1.81 bits per heavy atom. The SMILES string of the molecule is CC(C)OCCCCNS(=O)(=O)c1c(Br)cc(N)cc1Br. The Labute approximate surface area is 142 Å². The molecule has 120 valence electrons. The standard InChI is InChI=1S/C13H20Br2N2O3S/c1-9(2)20-6-4-3-5-17-21(18,19)13-11(14)7-10(16)8-12(13)15/h7-9,17H,3-6,16H2,1-2H3. The summed E-state index contributed by atoms with van der Waals surface area (Å²) in [6.45, 7) is 4.94. The number of nitrogens with one attached hydrogen (secondary N) is 1. The number of benzene rings is 1. The van der Waals surface area contributed by atoms with Gasteiger partial charge in [0, 0.05) is 27.8 Å². The van der Waals surface area contributed by atoms with E-state index in [2.05, 4.69) is 36.6 Å². The van der Waals surface area contributed by atoms with E-state index >= 15 is 0 Å². The van der Waals surface area contributed by atoms with Crippen LogP contribution in [-0.2, 0) is 14.8 Å². The molecule has 3 N–H and O–H groups in total. The predicted molar refractivity (Wildman–Crippen MR) is 91.8 cm³/mol. The van der Waals surface area contributed by atoms with Crippen LogP contribution < -0.4 is 10.5 Å². The number of hydrogen-bond acceptors (Lipinski definition) is 4. The Kier molecular flexibility index (Phi) is 7.63. The van der Waals surface area contributed by atoms with Crippen LogP contribution in [0, 0.1) is 0 Å². The van der Waals surface area contributed by atoms with Gasteiger partial charge in [0.05, 0.1) is 6.10 Å². The van der Waals surface area contributed by atoms with E-state index in [-0.39, 0.29) is 11.0 Å². The van der Waals surface area contributed by atoms with Crippen LogP contribution >= 0.6 is 31.9 Å². The van der Waals surface area contributed by atoms with E-state index in [9.17, 15) is 8.42 Å². The molecule has 0 fully saturated rings. The van der Waals surface area contributed by atoms with Crippen molar-refractivity contribution in [2.45, 2.75) is 37.7 Å². The smallest absolute Gasteiger partial charge is 0.242 e. The van der Waals surface area contributed by atoms with Crippen LogP contribution in [-0.4, -0.2) is 27.7 Å². The Morgan fingerprint density at radius 1 is 1.24 bits per heavy atom. The Bertz CT molecular complexity index is 554. The lowest BCUT2D eigenvalue weighted by Crippen LogP contribution is -2.26. The first-order valence-electron chi connectivity index (χ1n) is 6.60. The normalized spacial score (nSPS) is 12.0. The summed E-state index contributed by atoms with van der Waals surface area (Å²) in [6.07, 6.45) is 1.73. The summed E-state index contributed by atoms with van der Waals surface area (Å²) in [6, 6.07) is 3.13. The predicted octanol–water partition coefficient (Wildman–Crippen LogP) is 3.28. The zero-order chi connectivity index (χ0) is 16.0. The van der Waals surface area contributed by atoms with Gasteiger partial charge in [-0.2, -0.15) is 0 Å². The third-order valence-corrected chi connectivity index (χ3v) is 5.94. The Morgan fingerprint density at radius 3 is 2.33 bits per heavy atom. The van der Waals surface area contributed by atoms with E-state index in [0.29, 0.717) is 27.8 Å². The highest BCUT2D eigenvalue weighted by Crippen LogP contribution is 2.32. The molecular weight excluding hydrogens is 424 g/mol. The molecule has 0 bridgehead atoms. The number of ether oxygens (including phenoxy) is 1. The lowest BCUT2D eigenvalue weighted by atomic mass is 10.3. The number of anilines is 1. The van der Waals surface area contributed by atoms with Crippen molar-refractivity contribution in [3.8, 4) is 0 Å². The monoisotopic (exact) mass is 442 g/mol. The van der Waals surface area contributed by atoms with Crippen LogP contribution in [0.1, 0.15) is 26.7 Å². The number of nitrogen functional groups attached to an aromatic ring is 1. The molecule has 1 rings (SSSR count). The molecule has 0 saturated heterocycles. The molecule has 0 radical (unpaired) electrons. The summed E-state index contributed by atoms with van der Waals surface area (Å²) < 4.78 is 33.4. The molecule has 0 atom stereocenters. The Balaban J connectivity index is 2.59. The minimum atomic E-state index is -3.58. The van der Waals surface area contributed by atoms with Gasteiger partial charge in [-0.3, -0.25) is 0 Å². The number of unbranched alkanes of at least 4 members (excludes halogenated alkanes) is 1. The summed E-state index contributed by atoms with van der Waals surface area (Å²) >= 11 is 6.47. The van der Waals surface area contributed by atoms with Crippen molar-refractivity contribution in [1.82, 2.24) is 4.72 Å². The molecule has 0 aliphatic rings. The zero-order valence-corrected chi connectivity index (χ0v) is 16.0. The third kappa shape index (κ3) is 6.23. The van der Waals surface area contributed by atoms with Gasteiger partial charge in [0.1, 0.15) is 4.90 Å². The quantitative estimate of drug-likeness (QED) is 0.477. The zero-order valence-electron chi connectivity index (χ0n) is 12.0. The topological polar surface area (TPSA) is 81.4 Å². The van der Waals surface area contributed by atoms with Gasteiger partial charge in [-0.15, -0.1) is 0 Å². The largest absolute Gasteiger partial charge is 0.399 e. The van der Waals surface area contributed by atoms with Crippen molar-refractivity contribution in [3.05, 3.63) is 21.1 Å². The van der Waals surface area contributed by atoms with E-state index in [0.717, 1.165) is 12.8 Å². The number of halogens is 2. The highest BCUT2D eigenvalue weighted by molar-refractivity contribution is 9.11. The first-order chi connectivity index (χ1) is 9.74. The van der Waals surface area contributed by atoms with Crippen LogP contribution in [0.4, 0.5) is 5.69 Å². The molecule has 1 aromatic carbocycles. The Hall–Kier alpha value is -0.150. The van der Waals surface area contributed by atoms with Crippen LogP contribution in [0.3, 0.4) is 0 Å². The maximum atomic E-state index is 12.3. The average molecular weight is 444 g/mol. The van der Waals surface area contributed by atoms with Crippen molar-refractivity contribution in [1.29, 1.82) is 0 Å². The summed E-state index contributed by atoms with van der Waals surface area (Å²) in [5.41, 5.74) is 6.15. The molecular formula is C13H20Br2N2O3S. The number of rotatable bonds is 8. The van der Waals surface area contributed by atoms with E-state index in [1.807, 2.05) is 13.8 Å². The molecule has 0 aliphatic carbocycles. The van der Waals surface area contributed by atoms with Crippen molar-refractivity contribution in [2.75, 3.05) is 18.9 Å². The fourth-order valence-corrected chi connectivity index (χ4v) is 5.35. The van der Waals surface area contributed by atoms with Crippen molar-refractivity contribution in [2.24, 2.45) is 0 Å². The molecule has 0 saturated carbocycles. The van der Waals surface area contributed by atoms with Crippen LogP contribution in [0.25, 0.3) is 0 Å². The van der Waals surface area contributed by atoms with Gasteiger partial charge in [0.2, 0.25) is 10.0 Å². The second-order valence-electron chi connectivity index (χ2n) is 4.84. The molecule has 5 nitrogen and oxygen atoms in total. The van der Waals surface area contributed by atoms with Gasteiger partial charge in [-0.05, 0) is 70.7 Å². The molecule has 1 aromatic rings. The van der Waals surface area contributed by atoms with Crippen molar-refractivity contribution < 1.29 is 13.2 Å². The summed E-state index contributed by atoms with van der Waals surface area (Å²) in [4.78, 5) is 0.162. The van der Waals surface area contributed by atoms with Gasteiger partial charge in [-0.25, -0.2) is 13.1 Å². The van der Waals surface area contributed by atoms with Gasteiger partial charge >= 0.3 is 0 Å². The molecule has 0 unspecified atom stereocenters. The first-order valence-corrected chi connectivity index (χ1v) is 9.66.